The van der Waals surface area contributed by atoms with E-state index < -0.39 is 5.97 Å². The predicted molar refractivity (Wildman–Crippen MR) is 73.2 cm³/mol. The first-order valence-electron chi connectivity index (χ1n) is 6.61. The fourth-order valence-corrected chi connectivity index (χ4v) is 1.93. The molecule has 0 atom stereocenters. The Morgan fingerprint density at radius 1 is 1.00 bits per heavy atom. The Kier molecular flexibility index (Phi) is 5.54. The number of carbonyl (C=O) groups excluding carboxylic acids is 2. The molecule has 0 unspecified atom stereocenters. The van der Waals surface area contributed by atoms with Crippen molar-refractivity contribution in [3.8, 4) is 0 Å². The monoisotopic (exact) mass is 283 g/mol. The second-order valence-corrected chi connectivity index (χ2v) is 4.67. The average Bonchev–Trinajstić information content (AvgIpc) is 2.45. The molecule has 1 fully saturated rings. The maximum absolute atomic E-state index is 12.1. The van der Waals surface area contributed by atoms with Gasteiger partial charge in [-0.05, 0) is 20.8 Å². The molecule has 0 spiro atoms. The first kappa shape index (κ1) is 16.0. The van der Waals surface area contributed by atoms with Crippen molar-refractivity contribution in [1.82, 2.24) is 15.1 Å². The first-order chi connectivity index (χ1) is 9.38. The highest BCUT2D eigenvalue weighted by Crippen LogP contribution is 2.11. The molecular weight excluding hydrogens is 262 g/mol. The van der Waals surface area contributed by atoms with Crippen molar-refractivity contribution >= 4 is 17.9 Å². The zero-order valence-corrected chi connectivity index (χ0v) is 12.1. The molecule has 1 aliphatic rings. The Labute approximate surface area is 118 Å². The minimum absolute atomic E-state index is 0.0566. The number of amides is 3. The van der Waals surface area contributed by atoms with Crippen LogP contribution in [-0.4, -0.2) is 65.5 Å². The van der Waals surface area contributed by atoms with E-state index in [1.807, 2.05) is 6.92 Å². The SMILES string of the molecule is CCNC(=O)N1CCN(C(=O)C(C)=C(C)C(=O)O)CC1. The van der Waals surface area contributed by atoms with Gasteiger partial charge in [0.25, 0.3) is 0 Å². The largest absolute Gasteiger partial charge is 0.478 e. The van der Waals surface area contributed by atoms with Crippen molar-refractivity contribution in [3.63, 3.8) is 0 Å². The van der Waals surface area contributed by atoms with E-state index >= 15 is 0 Å². The third-order valence-corrected chi connectivity index (χ3v) is 3.39. The number of carbonyl (C=O) groups is 3. The number of hydrogen-bond donors (Lipinski definition) is 2. The van der Waals surface area contributed by atoms with Gasteiger partial charge in [-0.25, -0.2) is 9.59 Å². The fourth-order valence-electron chi connectivity index (χ4n) is 1.93. The van der Waals surface area contributed by atoms with Crippen LogP contribution in [0.1, 0.15) is 20.8 Å². The summed E-state index contributed by atoms with van der Waals surface area (Å²) in [4.78, 5) is 37.8. The maximum atomic E-state index is 12.1. The summed E-state index contributed by atoms with van der Waals surface area (Å²) in [5, 5.41) is 11.6. The fraction of sp³-hybridized carbons (Fsp3) is 0.615. The van der Waals surface area contributed by atoms with Crippen LogP contribution >= 0.6 is 0 Å². The molecule has 0 bridgehead atoms. The van der Waals surface area contributed by atoms with Gasteiger partial charge in [-0.2, -0.15) is 0 Å². The van der Waals surface area contributed by atoms with Crippen LogP contribution in [0.25, 0.3) is 0 Å². The lowest BCUT2D eigenvalue weighted by Crippen LogP contribution is -2.53. The summed E-state index contributed by atoms with van der Waals surface area (Å²) in [6.45, 7) is 7.09. The zero-order chi connectivity index (χ0) is 15.3. The Balaban J connectivity index is 2.62. The summed E-state index contributed by atoms with van der Waals surface area (Å²) in [5.41, 5.74) is 0.296. The predicted octanol–water partition coefficient (Wildman–Crippen LogP) is 0.281. The molecule has 3 amide bonds. The van der Waals surface area contributed by atoms with E-state index in [1.165, 1.54) is 13.8 Å². The van der Waals surface area contributed by atoms with Crippen LogP contribution in [0.5, 0.6) is 0 Å². The highest BCUT2D eigenvalue weighted by molar-refractivity contribution is 6.01. The molecule has 1 rings (SSSR count). The number of carboxylic acids is 1. The van der Waals surface area contributed by atoms with Crippen LogP contribution in [0.15, 0.2) is 11.1 Å². The molecule has 2 N–H and O–H groups in total. The molecular formula is C13H21N3O4. The molecule has 1 saturated heterocycles. The smallest absolute Gasteiger partial charge is 0.331 e. The highest BCUT2D eigenvalue weighted by atomic mass is 16.4. The van der Waals surface area contributed by atoms with Crippen molar-refractivity contribution in [2.75, 3.05) is 32.7 Å². The topological polar surface area (TPSA) is 90.0 Å². The highest BCUT2D eigenvalue weighted by Gasteiger charge is 2.25. The maximum Gasteiger partial charge on any atom is 0.331 e. The van der Waals surface area contributed by atoms with E-state index in [4.69, 9.17) is 5.11 Å². The van der Waals surface area contributed by atoms with E-state index in [0.717, 1.165) is 0 Å². The van der Waals surface area contributed by atoms with E-state index in [1.54, 1.807) is 9.80 Å². The first-order valence-corrected chi connectivity index (χ1v) is 6.61. The second-order valence-electron chi connectivity index (χ2n) is 4.67. The lowest BCUT2D eigenvalue weighted by atomic mass is 10.1. The number of nitrogens with zero attached hydrogens (tertiary/aromatic N) is 2. The molecule has 0 radical (unpaired) electrons. The minimum Gasteiger partial charge on any atom is -0.478 e. The van der Waals surface area contributed by atoms with Gasteiger partial charge in [-0.15, -0.1) is 0 Å². The minimum atomic E-state index is -1.09. The summed E-state index contributed by atoms with van der Waals surface area (Å²) in [6, 6.07) is -0.131. The van der Waals surface area contributed by atoms with E-state index in [2.05, 4.69) is 5.32 Å². The molecule has 20 heavy (non-hydrogen) atoms. The number of aliphatic carboxylic acids is 1. The molecule has 0 saturated carbocycles. The van der Waals surface area contributed by atoms with Crippen LogP contribution in [0.4, 0.5) is 4.79 Å². The Morgan fingerprint density at radius 3 is 1.95 bits per heavy atom. The van der Waals surface area contributed by atoms with Crippen molar-refractivity contribution in [3.05, 3.63) is 11.1 Å². The van der Waals surface area contributed by atoms with Crippen LogP contribution in [0, 0.1) is 0 Å². The number of urea groups is 1. The Hall–Kier alpha value is -2.05. The van der Waals surface area contributed by atoms with Gasteiger partial charge >= 0.3 is 12.0 Å². The van der Waals surface area contributed by atoms with Crippen molar-refractivity contribution < 1.29 is 19.5 Å². The molecule has 7 heteroatoms. The lowest BCUT2D eigenvalue weighted by Gasteiger charge is -2.35. The van der Waals surface area contributed by atoms with Gasteiger partial charge < -0.3 is 20.2 Å². The Morgan fingerprint density at radius 2 is 1.50 bits per heavy atom. The number of nitrogens with one attached hydrogen (secondary N) is 1. The van der Waals surface area contributed by atoms with Gasteiger partial charge in [0.1, 0.15) is 0 Å². The van der Waals surface area contributed by atoms with Crippen LogP contribution in [0.2, 0.25) is 0 Å². The van der Waals surface area contributed by atoms with E-state index in [-0.39, 0.29) is 23.1 Å². The molecule has 7 nitrogen and oxygen atoms in total. The van der Waals surface area contributed by atoms with Gasteiger partial charge in [0.2, 0.25) is 5.91 Å². The second kappa shape index (κ2) is 6.93. The third kappa shape index (κ3) is 3.72. The van der Waals surface area contributed by atoms with E-state index in [0.29, 0.717) is 32.7 Å². The van der Waals surface area contributed by atoms with Gasteiger partial charge in [0.05, 0.1) is 0 Å². The summed E-state index contributed by atoms with van der Waals surface area (Å²) >= 11 is 0. The van der Waals surface area contributed by atoms with E-state index in [9.17, 15) is 14.4 Å². The van der Waals surface area contributed by atoms with Crippen LogP contribution in [-0.2, 0) is 9.59 Å². The van der Waals surface area contributed by atoms with Crippen molar-refractivity contribution in [2.45, 2.75) is 20.8 Å². The molecule has 0 aromatic carbocycles. The number of rotatable bonds is 3. The van der Waals surface area contributed by atoms with Crippen LogP contribution < -0.4 is 5.32 Å². The Bertz CT molecular complexity index is 437. The van der Waals surface area contributed by atoms with Gasteiger partial charge in [0.15, 0.2) is 0 Å². The average molecular weight is 283 g/mol. The molecule has 112 valence electrons. The summed E-state index contributed by atoms with van der Waals surface area (Å²) in [5.74, 6) is -1.36. The molecule has 0 aliphatic carbocycles. The van der Waals surface area contributed by atoms with Gasteiger partial charge in [0, 0.05) is 43.9 Å². The van der Waals surface area contributed by atoms with Gasteiger partial charge in [-0.1, -0.05) is 0 Å². The lowest BCUT2D eigenvalue weighted by molar-refractivity contribution is -0.134. The molecule has 0 aromatic rings. The van der Waals surface area contributed by atoms with Crippen LogP contribution in [0.3, 0.4) is 0 Å². The molecule has 1 aliphatic heterocycles. The number of hydrogen-bond acceptors (Lipinski definition) is 3. The van der Waals surface area contributed by atoms with Crippen molar-refractivity contribution in [2.24, 2.45) is 0 Å². The normalized spacial score (nSPS) is 16.6. The third-order valence-electron chi connectivity index (χ3n) is 3.39. The summed E-state index contributed by atoms with van der Waals surface area (Å²) in [6.07, 6.45) is 0. The zero-order valence-electron chi connectivity index (χ0n) is 12.1. The number of piperazine rings is 1. The number of carboxylic acid groups (broad SMARTS) is 1. The summed E-state index contributed by atoms with van der Waals surface area (Å²) in [7, 11) is 0. The molecule has 1 heterocycles. The summed E-state index contributed by atoms with van der Waals surface area (Å²) < 4.78 is 0. The molecule has 0 aromatic heterocycles. The van der Waals surface area contributed by atoms with Gasteiger partial charge in [-0.3, -0.25) is 4.79 Å². The standard InChI is InChI=1S/C13H21N3O4/c1-4-14-13(20)16-7-5-15(6-8-16)11(17)9(2)10(3)12(18)19/h4-8H2,1-3H3,(H,14,20)(H,18,19). The quantitative estimate of drug-likeness (QED) is 0.728. The van der Waals surface area contributed by atoms with Crippen molar-refractivity contribution in [1.29, 1.82) is 0 Å².